The van der Waals surface area contributed by atoms with Crippen molar-refractivity contribution < 1.29 is 13.9 Å². The lowest BCUT2D eigenvalue weighted by atomic mass is 10.1. The molecule has 0 saturated carbocycles. The highest BCUT2D eigenvalue weighted by Gasteiger charge is 2.13. The van der Waals surface area contributed by atoms with E-state index in [1.165, 1.54) is 23.0 Å². The number of methoxy groups -OCH3 is 1. The van der Waals surface area contributed by atoms with E-state index >= 15 is 0 Å². The summed E-state index contributed by atoms with van der Waals surface area (Å²) >= 11 is 1.16. The lowest BCUT2D eigenvalue weighted by Gasteiger charge is -2.04. The van der Waals surface area contributed by atoms with E-state index in [-0.39, 0.29) is 23.3 Å². The zero-order valence-electron chi connectivity index (χ0n) is 14.9. The summed E-state index contributed by atoms with van der Waals surface area (Å²) in [5.74, 6) is 6.57. The molecule has 3 N–H and O–H groups in total. The monoisotopic (exact) mass is 400 g/mol. The summed E-state index contributed by atoms with van der Waals surface area (Å²) in [6, 6.07) is 12.7. The molecule has 0 aliphatic carbocycles. The topological polar surface area (TPSA) is 107 Å². The van der Waals surface area contributed by atoms with Gasteiger partial charge in [-0.3, -0.25) is 4.79 Å². The molecule has 0 bridgehead atoms. The number of anilines is 1. The molecule has 8 nitrogen and oxygen atoms in total. The maximum absolute atomic E-state index is 12.9. The van der Waals surface area contributed by atoms with Crippen LogP contribution in [0.25, 0.3) is 0 Å². The molecule has 0 radical (unpaired) electrons. The van der Waals surface area contributed by atoms with Crippen molar-refractivity contribution in [2.24, 2.45) is 5.10 Å². The van der Waals surface area contributed by atoms with E-state index in [1.807, 2.05) is 0 Å². The Morgan fingerprint density at radius 2 is 1.96 bits per heavy atom. The molecule has 0 unspecified atom stereocenters. The molecule has 10 heteroatoms. The van der Waals surface area contributed by atoms with Gasteiger partial charge in [0.05, 0.1) is 19.1 Å². The van der Waals surface area contributed by atoms with Crippen LogP contribution in [-0.4, -0.2) is 39.7 Å². The van der Waals surface area contributed by atoms with Gasteiger partial charge in [-0.25, -0.2) is 14.5 Å². The number of carbonyl (C=O) groups excluding carboxylic acids is 1. The Balaban J connectivity index is 1.56. The number of hydrogen-bond acceptors (Lipinski definition) is 8. The van der Waals surface area contributed by atoms with Crippen molar-refractivity contribution >= 4 is 29.7 Å². The molecule has 1 heterocycles. The fraction of sp³-hybridized carbons (Fsp3) is 0.111. The lowest BCUT2D eigenvalue weighted by Crippen LogP contribution is -2.14. The highest BCUT2D eigenvalue weighted by Crippen LogP contribution is 2.19. The number of ketones is 1. The van der Waals surface area contributed by atoms with Crippen molar-refractivity contribution in [1.82, 2.24) is 14.9 Å². The molecule has 3 rings (SSSR count). The Labute approximate surface area is 164 Å². The number of aromatic nitrogens is 3. The summed E-state index contributed by atoms with van der Waals surface area (Å²) in [7, 11) is 1.57. The van der Waals surface area contributed by atoms with E-state index in [0.29, 0.717) is 22.0 Å². The molecule has 1 aromatic heterocycles. The third-order valence-corrected chi connectivity index (χ3v) is 4.60. The van der Waals surface area contributed by atoms with Crippen LogP contribution in [0, 0.1) is 5.82 Å². The highest BCUT2D eigenvalue weighted by molar-refractivity contribution is 7.99. The molecular weight excluding hydrogens is 383 g/mol. The van der Waals surface area contributed by atoms with Gasteiger partial charge >= 0.3 is 0 Å². The Kier molecular flexibility index (Phi) is 6.22. The van der Waals surface area contributed by atoms with Crippen LogP contribution in [0.1, 0.15) is 15.9 Å². The maximum atomic E-state index is 12.9. The van der Waals surface area contributed by atoms with Crippen LogP contribution in [0.5, 0.6) is 5.75 Å². The van der Waals surface area contributed by atoms with Gasteiger partial charge in [-0.05, 0) is 42.0 Å². The zero-order valence-corrected chi connectivity index (χ0v) is 15.7. The van der Waals surface area contributed by atoms with E-state index in [2.05, 4.69) is 20.7 Å². The maximum Gasteiger partial charge on any atom is 0.264 e. The van der Waals surface area contributed by atoms with Gasteiger partial charge in [0, 0.05) is 5.56 Å². The van der Waals surface area contributed by atoms with Gasteiger partial charge in [-0.1, -0.05) is 23.9 Å². The lowest BCUT2D eigenvalue weighted by molar-refractivity contribution is 0.102. The number of nitrogens with two attached hydrogens (primary N) is 1. The molecule has 2 aromatic carbocycles. The van der Waals surface area contributed by atoms with Crippen LogP contribution in [0.4, 0.5) is 10.3 Å². The molecular formula is C18H17FN6O2S. The average molecular weight is 400 g/mol. The van der Waals surface area contributed by atoms with Gasteiger partial charge in [0.15, 0.2) is 5.78 Å². The van der Waals surface area contributed by atoms with Crippen molar-refractivity contribution in [2.75, 3.05) is 24.1 Å². The van der Waals surface area contributed by atoms with Gasteiger partial charge < -0.3 is 10.6 Å². The molecule has 0 spiro atoms. The Bertz CT molecular complexity index is 973. The second-order valence-electron chi connectivity index (χ2n) is 5.54. The van der Waals surface area contributed by atoms with Crippen molar-refractivity contribution in [3.63, 3.8) is 0 Å². The summed E-state index contributed by atoms with van der Waals surface area (Å²) in [4.78, 5) is 12.3. The molecule has 3 aromatic rings. The van der Waals surface area contributed by atoms with Gasteiger partial charge in [0.2, 0.25) is 5.16 Å². The van der Waals surface area contributed by atoms with Gasteiger partial charge in [0.25, 0.3) is 5.95 Å². The predicted molar refractivity (Wildman–Crippen MR) is 106 cm³/mol. The first-order valence-corrected chi connectivity index (χ1v) is 9.10. The summed E-state index contributed by atoms with van der Waals surface area (Å²) in [5, 5.41) is 12.2. The zero-order chi connectivity index (χ0) is 19.9. The molecule has 0 fully saturated rings. The fourth-order valence-corrected chi connectivity index (χ4v) is 2.91. The third kappa shape index (κ3) is 4.86. The van der Waals surface area contributed by atoms with Crippen LogP contribution in [-0.2, 0) is 0 Å². The van der Waals surface area contributed by atoms with E-state index < -0.39 is 0 Å². The first-order chi connectivity index (χ1) is 13.6. The number of hydrogen-bond donors (Lipinski definition) is 2. The summed E-state index contributed by atoms with van der Waals surface area (Å²) < 4.78 is 19.1. The normalized spacial score (nSPS) is 10.9. The molecule has 0 aliphatic rings. The second-order valence-corrected chi connectivity index (χ2v) is 6.48. The average Bonchev–Trinajstić information content (AvgIpc) is 3.07. The summed E-state index contributed by atoms with van der Waals surface area (Å²) in [6.07, 6.45) is 1.49. The van der Waals surface area contributed by atoms with Crippen molar-refractivity contribution in [1.29, 1.82) is 0 Å². The largest absolute Gasteiger partial charge is 0.497 e. The highest BCUT2D eigenvalue weighted by atomic mass is 32.2. The summed E-state index contributed by atoms with van der Waals surface area (Å²) in [6.45, 7) is 0. The van der Waals surface area contributed by atoms with Crippen LogP contribution in [0.2, 0.25) is 0 Å². The van der Waals surface area contributed by atoms with Crippen LogP contribution >= 0.6 is 11.8 Å². The number of hydrazone groups is 1. The van der Waals surface area contributed by atoms with Crippen LogP contribution < -0.4 is 16.0 Å². The molecule has 0 amide bonds. The summed E-state index contributed by atoms with van der Waals surface area (Å²) in [5.41, 5.74) is 3.93. The minimum atomic E-state index is -0.322. The number of rotatable bonds is 8. The van der Waals surface area contributed by atoms with Crippen molar-refractivity contribution in [3.05, 3.63) is 65.5 Å². The minimum absolute atomic E-state index is 0.0699. The number of benzene rings is 2. The smallest absolute Gasteiger partial charge is 0.264 e. The number of Topliss-reactive ketones (excluding diaryl/α,β-unsaturated/α-hetero) is 1. The fourth-order valence-electron chi connectivity index (χ4n) is 2.16. The molecule has 144 valence electrons. The SMILES string of the molecule is COc1ccc(C(=O)CSc2nnc(N/N=C/c3ccc(F)cc3)n2N)cc1. The Morgan fingerprint density at radius 1 is 1.25 bits per heavy atom. The van der Waals surface area contributed by atoms with Crippen molar-refractivity contribution in [3.8, 4) is 5.75 Å². The van der Waals surface area contributed by atoms with E-state index in [9.17, 15) is 9.18 Å². The Hall–Kier alpha value is -3.40. The molecule has 0 saturated heterocycles. The number of carbonyl (C=O) groups is 1. The second kappa shape index (κ2) is 9.00. The number of thioether (sulfide) groups is 1. The predicted octanol–water partition coefficient (Wildman–Crippen LogP) is 2.56. The molecule has 28 heavy (non-hydrogen) atoms. The van der Waals surface area contributed by atoms with E-state index in [0.717, 1.165) is 11.8 Å². The number of nitrogens with zero attached hydrogens (tertiary/aromatic N) is 4. The first-order valence-electron chi connectivity index (χ1n) is 8.12. The van der Waals surface area contributed by atoms with Gasteiger partial charge in [0.1, 0.15) is 11.6 Å². The van der Waals surface area contributed by atoms with Crippen molar-refractivity contribution in [2.45, 2.75) is 5.16 Å². The number of nitrogens with one attached hydrogen (secondary N) is 1. The van der Waals surface area contributed by atoms with E-state index in [1.54, 1.807) is 43.5 Å². The van der Waals surface area contributed by atoms with Gasteiger partial charge in [-0.2, -0.15) is 5.10 Å². The molecule has 0 aliphatic heterocycles. The standard InChI is InChI=1S/C18H17FN6O2S/c1-27-15-8-4-13(5-9-15)16(26)11-28-18-24-23-17(25(18)20)22-21-10-12-2-6-14(19)7-3-12/h2-10H,11,20H2,1H3,(H,22,23)/b21-10+. The van der Waals surface area contributed by atoms with Gasteiger partial charge in [-0.15, -0.1) is 10.2 Å². The minimum Gasteiger partial charge on any atom is -0.497 e. The number of nitrogen functional groups attached to an aromatic ring is 1. The quantitative estimate of drug-likeness (QED) is 0.197. The van der Waals surface area contributed by atoms with Crippen LogP contribution in [0.15, 0.2) is 58.8 Å². The van der Waals surface area contributed by atoms with E-state index in [4.69, 9.17) is 10.6 Å². The first kappa shape index (κ1) is 19.4. The molecule has 0 atom stereocenters. The number of ether oxygens (including phenoxy) is 1. The third-order valence-electron chi connectivity index (χ3n) is 3.66. The Morgan fingerprint density at radius 3 is 2.64 bits per heavy atom. The van der Waals surface area contributed by atoms with Crippen LogP contribution in [0.3, 0.4) is 0 Å². The number of halogens is 1.